The SMILES string of the molecule is Cc1ncsc1CNC(=O)N(C)CC(C)C(=O)O. The Morgan fingerprint density at radius 1 is 1.61 bits per heavy atom. The molecule has 1 aromatic rings. The lowest BCUT2D eigenvalue weighted by Crippen LogP contribution is -2.40. The molecule has 0 spiro atoms. The van der Waals surface area contributed by atoms with Gasteiger partial charge in [0.05, 0.1) is 23.7 Å². The van der Waals surface area contributed by atoms with Gasteiger partial charge < -0.3 is 15.3 Å². The van der Waals surface area contributed by atoms with Crippen LogP contribution in [-0.2, 0) is 11.3 Å². The summed E-state index contributed by atoms with van der Waals surface area (Å²) in [6.07, 6.45) is 0. The van der Waals surface area contributed by atoms with Gasteiger partial charge in [0.1, 0.15) is 0 Å². The number of carbonyl (C=O) groups excluding carboxylic acids is 1. The molecule has 1 aromatic heterocycles. The number of rotatable bonds is 5. The van der Waals surface area contributed by atoms with E-state index in [2.05, 4.69) is 10.3 Å². The van der Waals surface area contributed by atoms with E-state index < -0.39 is 11.9 Å². The fraction of sp³-hybridized carbons (Fsp3) is 0.545. The summed E-state index contributed by atoms with van der Waals surface area (Å²) in [7, 11) is 1.58. The number of amides is 2. The first kappa shape index (κ1) is 14.4. The van der Waals surface area contributed by atoms with Crippen molar-refractivity contribution in [3.05, 3.63) is 16.1 Å². The van der Waals surface area contributed by atoms with Crippen molar-refractivity contribution >= 4 is 23.3 Å². The first-order chi connectivity index (χ1) is 8.41. The summed E-state index contributed by atoms with van der Waals surface area (Å²) in [5.41, 5.74) is 2.63. The van der Waals surface area contributed by atoms with Gasteiger partial charge in [-0.1, -0.05) is 6.92 Å². The van der Waals surface area contributed by atoms with Crippen molar-refractivity contribution in [2.24, 2.45) is 5.92 Å². The third-order valence-corrected chi connectivity index (χ3v) is 3.50. The minimum absolute atomic E-state index is 0.183. The first-order valence-electron chi connectivity index (χ1n) is 5.52. The highest BCUT2D eigenvalue weighted by Crippen LogP contribution is 2.11. The molecule has 1 unspecified atom stereocenters. The molecule has 0 radical (unpaired) electrons. The fourth-order valence-corrected chi connectivity index (χ4v) is 2.08. The van der Waals surface area contributed by atoms with Crippen LogP contribution in [0.5, 0.6) is 0 Å². The summed E-state index contributed by atoms with van der Waals surface area (Å²) < 4.78 is 0. The molecule has 2 amide bonds. The maximum absolute atomic E-state index is 11.7. The van der Waals surface area contributed by atoms with E-state index in [4.69, 9.17) is 5.11 Å². The Hall–Kier alpha value is -1.63. The molecule has 1 heterocycles. The quantitative estimate of drug-likeness (QED) is 0.846. The number of carboxylic acids is 1. The second-order valence-corrected chi connectivity index (χ2v) is 5.08. The molecule has 0 aliphatic rings. The predicted molar refractivity (Wildman–Crippen MR) is 68.5 cm³/mol. The van der Waals surface area contributed by atoms with E-state index in [9.17, 15) is 9.59 Å². The maximum atomic E-state index is 11.7. The molecular formula is C11H17N3O3S. The van der Waals surface area contributed by atoms with Gasteiger partial charge in [-0.05, 0) is 6.92 Å². The van der Waals surface area contributed by atoms with Crippen LogP contribution < -0.4 is 5.32 Å². The highest BCUT2D eigenvalue weighted by Gasteiger charge is 2.17. The number of urea groups is 1. The molecule has 1 rings (SSSR count). The number of carboxylic acid groups (broad SMARTS) is 1. The molecule has 0 saturated carbocycles. The van der Waals surface area contributed by atoms with Crippen LogP contribution in [0.1, 0.15) is 17.5 Å². The lowest BCUT2D eigenvalue weighted by molar-refractivity contribution is -0.141. The Morgan fingerprint density at radius 2 is 2.28 bits per heavy atom. The molecule has 2 N–H and O–H groups in total. The summed E-state index contributed by atoms with van der Waals surface area (Å²) in [5, 5.41) is 11.5. The number of nitrogens with one attached hydrogen (secondary N) is 1. The van der Waals surface area contributed by atoms with E-state index in [0.29, 0.717) is 6.54 Å². The normalized spacial score (nSPS) is 11.9. The zero-order chi connectivity index (χ0) is 13.7. The van der Waals surface area contributed by atoms with Gasteiger partial charge in [-0.25, -0.2) is 9.78 Å². The molecule has 7 heteroatoms. The monoisotopic (exact) mass is 271 g/mol. The number of hydrogen-bond acceptors (Lipinski definition) is 4. The second kappa shape index (κ2) is 6.34. The molecule has 100 valence electrons. The molecule has 6 nitrogen and oxygen atoms in total. The van der Waals surface area contributed by atoms with Crippen LogP contribution in [0, 0.1) is 12.8 Å². The topological polar surface area (TPSA) is 82.5 Å². The molecule has 18 heavy (non-hydrogen) atoms. The van der Waals surface area contributed by atoms with Crippen molar-refractivity contribution in [1.29, 1.82) is 0 Å². The van der Waals surface area contributed by atoms with E-state index in [0.717, 1.165) is 10.6 Å². The molecular weight excluding hydrogens is 254 g/mol. The summed E-state index contributed by atoms with van der Waals surface area (Å²) in [6.45, 7) is 4.05. The van der Waals surface area contributed by atoms with Crippen LogP contribution in [0.15, 0.2) is 5.51 Å². The van der Waals surface area contributed by atoms with Gasteiger partial charge in [0.25, 0.3) is 0 Å². The maximum Gasteiger partial charge on any atom is 0.317 e. The Kier molecular flexibility index (Phi) is 5.08. The van der Waals surface area contributed by atoms with Crippen molar-refractivity contribution in [3.63, 3.8) is 0 Å². The van der Waals surface area contributed by atoms with E-state index >= 15 is 0 Å². The van der Waals surface area contributed by atoms with Crippen molar-refractivity contribution in [3.8, 4) is 0 Å². The van der Waals surface area contributed by atoms with Crippen LogP contribution in [0.25, 0.3) is 0 Å². The molecule has 0 aliphatic heterocycles. The highest BCUT2D eigenvalue weighted by atomic mass is 32.1. The standard InChI is InChI=1S/C11H17N3O3S/c1-7(10(15)16)5-14(3)11(17)12-4-9-8(2)13-6-18-9/h6-7H,4-5H2,1-3H3,(H,12,17)(H,15,16). The zero-order valence-corrected chi connectivity index (χ0v) is 11.5. The molecule has 1 atom stereocenters. The average molecular weight is 271 g/mol. The number of aliphatic carboxylic acids is 1. The summed E-state index contributed by atoms with van der Waals surface area (Å²) in [4.78, 5) is 28.9. The molecule has 0 saturated heterocycles. The number of nitrogens with zero attached hydrogens (tertiary/aromatic N) is 2. The molecule has 0 bridgehead atoms. The van der Waals surface area contributed by atoms with Gasteiger partial charge in [-0.15, -0.1) is 11.3 Å². The van der Waals surface area contributed by atoms with E-state index in [1.807, 2.05) is 6.92 Å². The Labute approximate surface area is 110 Å². The smallest absolute Gasteiger partial charge is 0.317 e. The van der Waals surface area contributed by atoms with Crippen LogP contribution in [-0.4, -0.2) is 40.6 Å². The van der Waals surface area contributed by atoms with Gasteiger partial charge in [0.15, 0.2) is 0 Å². The Bertz CT molecular complexity index is 433. The van der Waals surface area contributed by atoms with Crippen LogP contribution in [0.2, 0.25) is 0 Å². The van der Waals surface area contributed by atoms with Gasteiger partial charge >= 0.3 is 12.0 Å². The number of aryl methyl sites for hydroxylation is 1. The summed E-state index contributed by atoms with van der Waals surface area (Å²) in [5.74, 6) is -1.49. The van der Waals surface area contributed by atoms with Crippen LogP contribution in [0.4, 0.5) is 4.79 Å². The number of carbonyl (C=O) groups is 2. The van der Waals surface area contributed by atoms with Crippen molar-refractivity contribution < 1.29 is 14.7 Å². The van der Waals surface area contributed by atoms with Gasteiger partial charge in [-0.3, -0.25) is 4.79 Å². The first-order valence-corrected chi connectivity index (χ1v) is 6.40. The Balaban J connectivity index is 2.41. The zero-order valence-electron chi connectivity index (χ0n) is 10.6. The average Bonchev–Trinajstić information content (AvgIpc) is 2.71. The summed E-state index contributed by atoms with van der Waals surface area (Å²) >= 11 is 1.48. The van der Waals surface area contributed by atoms with Gasteiger partial charge in [0, 0.05) is 18.5 Å². The van der Waals surface area contributed by atoms with Crippen LogP contribution >= 0.6 is 11.3 Å². The van der Waals surface area contributed by atoms with E-state index in [-0.39, 0.29) is 12.6 Å². The Morgan fingerprint density at radius 3 is 2.78 bits per heavy atom. The largest absolute Gasteiger partial charge is 0.481 e. The minimum Gasteiger partial charge on any atom is -0.481 e. The van der Waals surface area contributed by atoms with E-state index in [1.54, 1.807) is 19.5 Å². The lowest BCUT2D eigenvalue weighted by Gasteiger charge is -2.19. The second-order valence-electron chi connectivity index (χ2n) is 4.14. The van der Waals surface area contributed by atoms with Gasteiger partial charge in [0.2, 0.25) is 0 Å². The van der Waals surface area contributed by atoms with Crippen molar-refractivity contribution in [2.45, 2.75) is 20.4 Å². The van der Waals surface area contributed by atoms with Gasteiger partial charge in [-0.2, -0.15) is 0 Å². The minimum atomic E-state index is -0.909. The van der Waals surface area contributed by atoms with E-state index in [1.165, 1.54) is 16.2 Å². The third kappa shape index (κ3) is 3.99. The number of hydrogen-bond donors (Lipinski definition) is 2. The number of aromatic nitrogens is 1. The van der Waals surface area contributed by atoms with Crippen molar-refractivity contribution in [1.82, 2.24) is 15.2 Å². The highest BCUT2D eigenvalue weighted by molar-refractivity contribution is 7.09. The molecule has 0 aromatic carbocycles. The van der Waals surface area contributed by atoms with Crippen molar-refractivity contribution in [2.75, 3.05) is 13.6 Å². The molecule has 0 fully saturated rings. The third-order valence-electron chi connectivity index (χ3n) is 2.56. The fourth-order valence-electron chi connectivity index (χ4n) is 1.36. The van der Waals surface area contributed by atoms with Crippen LogP contribution in [0.3, 0.4) is 0 Å². The lowest BCUT2D eigenvalue weighted by atomic mass is 10.2. The predicted octanol–water partition coefficient (Wildman–Crippen LogP) is 1.31. The molecule has 0 aliphatic carbocycles. The summed E-state index contributed by atoms with van der Waals surface area (Å²) in [6, 6.07) is -0.282. The number of thiazole rings is 1.